The van der Waals surface area contributed by atoms with Crippen molar-refractivity contribution >= 4 is 34.5 Å². The molecular formula is C19H22N2OS. The van der Waals surface area contributed by atoms with Gasteiger partial charge in [0.25, 0.3) is 0 Å². The van der Waals surface area contributed by atoms with E-state index in [0.717, 1.165) is 24.2 Å². The van der Waals surface area contributed by atoms with Gasteiger partial charge in [-0.15, -0.1) is 0 Å². The highest BCUT2D eigenvalue weighted by Gasteiger charge is 2.08. The van der Waals surface area contributed by atoms with Crippen molar-refractivity contribution in [1.29, 1.82) is 0 Å². The third-order valence-electron chi connectivity index (χ3n) is 3.76. The molecule has 0 unspecified atom stereocenters. The largest absolute Gasteiger partial charge is 0.332 e. The molecule has 0 aliphatic heterocycles. The fraction of sp³-hybridized carbons (Fsp3) is 0.263. The number of carbonyl (C=O) groups is 1. The van der Waals surface area contributed by atoms with Crippen LogP contribution in [0.25, 0.3) is 0 Å². The van der Waals surface area contributed by atoms with Crippen molar-refractivity contribution in [1.82, 2.24) is 0 Å². The minimum atomic E-state index is 0.0390. The van der Waals surface area contributed by atoms with E-state index in [1.54, 1.807) is 13.0 Å². The number of rotatable bonds is 5. The maximum atomic E-state index is 11.5. The van der Waals surface area contributed by atoms with Crippen LogP contribution in [0, 0.1) is 0 Å². The van der Waals surface area contributed by atoms with Gasteiger partial charge in [0.1, 0.15) is 0 Å². The van der Waals surface area contributed by atoms with Crippen LogP contribution in [-0.2, 0) is 12.8 Å². The number of thiocarbonyl (C=S) groups is 1. The molecule has 0 atom stereocenters. The second-order valence-corrected chi connectivity index (χ2v) is 5.78. The monoisotopic (exact) mass is 326 g/mol. The molecule has 3 nitrogen and oxygen atoms in total. The van der Waals surface area contributed by atoms with Crippen molar-refractivity contribution in [2.45, 2.75) is 33.6 Å². The lowest BCUT2D eigenvalue weighted by molar-refractivity contribution is 0.101. The second kappa shape index (κ2) is 7.88. The molecule has 0 spiro atoms. The Labute approximate surface area is 143 Å². The highest BCUT2D eigenvalue weighted by atomic mass is 32.1. The summed E-state index contributed by atoms with van der Waals surface area (Å²) in [5, 5.41) is 7.00. The summed E-state index contributed by atoms with van der Waals surface area (Å²) in [5.74, 6) is 0.0390. The molecule has 0 aliphatic rings. The number of aryl methyl sites for hydroxylation is 2. The molecule has 4 heteroatoms. The predicted molar refractivity (Wildman–Crippen MR) is 101 cm³/mol. The molecule has 0 fully saturated rings. The zero-order chi connectivity index (χ0) is 16.8. The van der Waals surface area contributed by atoms with Crippen molar-refractivity contribution in [3.8, 4) is 0 Å². The van der Waals surface area contributed by atoms with E-state index in [0.29, 0.717) is 10.7 Å². The fourth-order valence-corrected chi connectivity index (χ4v) is 2.71. The quantitative estimate of drug-likeness (QED) is 0.610. The van der Waals surface area contributed by atoms with Crippen molar-refractivity contribution in [2.75, 3.05) is 10.6 Å². The summed E-state index contributed by atoms with van der Waals surface area (Å²) in [7, 11) is 0. The predicted octanol–water partition coefficient (Wildman–Crippen LogP) is 4.82. The molecule has 2 aromatic carbocycles. The van der Waals surface area contributed by atoms with Crippen LogP contribution in [0.1, 0.15) is 42.3 Å². The van der Waals surface area contributed by atoms with Gasteiger partial charge in [0, 0.05) is 16.9 Å². The van der Waals surface area contributed by atoms with Crippen LogP contribution in [0.2, 0.25) is 0 Å². The Morgan fingerprint density at radius 2 is 1.61 bits per heavy atom. The fourth-order valence-electron chi connectivity index (χ4n) is 2.49. The summed E-state index contributed by atoms with van der Waals surface area (Å²) in [4.78, 5) is 11.5. The molecule has 0 aromatic heterocycles. The Morgan fingerprint density at radius 1 is 1.00 bits per heavy atom. The third-order valence-corrected chi connectivity index (χ3v) is 3.97. The number of nitrogens with one attached hydrogen (secondary N) is 2. The first-order chi connectivity index (χ1) is 11.0. The number of anilines is 2. The Kier molecular flexibility index (Phi) is 5.88. The lowest BCUT2D eigenvalue weighted by atomic mass is 10.0. The second-order valence-electron chi connectivity index (χ2n) is 5.37. The molecule has 0 amide bonds. The topological polar surface area (TPSA) is 41.1 Å². The molecule has 23 heavy (non-hydrogen) atoms. The molecule has 0 saturated carbocycles. The average Bonchev–Trinajstić information content (AvgIpc) is 2.55. The van der Waals surface area contributed by atoms with Crippen molar-refractivity contribution in [3.05, 3.63) is 59.2 Å². The van der Waals surface area contributed by atoms with Crippen LogP contribution in [0.4, 0.5) is 11.4 Å². The van der Waals surface area contributed by atoms with E-state index in [-0.39, 0.29) is 5.78 Å². The molecule has 0 saturated heterocycles. The Balaban J connectivity index is 2.17. The number of para-hydroxylation sites is 1. The average molecular weight is 326 g/mol. The summed E-state index contributed by atoms with van der Waals surface area (Å²) in [6.07, 6.45) is 1.89. The van der Waals surface area contributed by atoms with Gasteiger partial charge in [0.15, 0.2) is 10.9 Å². The SMILES string of the molecule is CCc1cccc(CC)c1NC(=S)Nc1cccc(C(C)=O)c1. The maximum Gasteiger partial charge on any atom is 0.175 e. The number of carbonyl (C=O) groups excluding carboxylic acids is 1. The zero-order valence-corrected chi connectivity index (χ0v) is 14.6. The van der Waals surface area contributed by atoms with Crippen LogP contribution in [0.3, 0.4) is 0 Å². The highest BCUT2D eigenvalue weighted by Crippen LogP contribution is 2.23. The van der Waals surface area contributed by atoms with E-state index in [9.17, 15) is 4.79 Å². The Hall–Kier alpha value is -2.20. The Bertz CT molecular complexity index is 703. The molecule has 0 radical (unpaired) electrons. The molecule has 120 valence electrons. The lowest BCUT2D eigenvalue weighted by Gasteiger charge is -2.17. The van der Waals surface area contributed by atoms with E-state index in [4.69, 9.17) is 12.2 Å². The molecule has 0 heterocycles. The van der Waals surface area contributed by atoms with Gasteiger partial charge >= 0.3 is 0 Å². The smallest absolute Gasteiger partial charge is 0.175 e. The van der Waals surface area contributed by atoms with Crippen LogP contribution < -0.4 is 10.6 Å². The van der Waals surface area contributed by atoms with Gasteiger partial charge in [-0.3, -0.25) is 4.79 Å². The molecule has 2 rings (SSSR count). The van der Waals surface area contributed by atoms with Gasteiger partial charge in [0.2, 0.25) is 0 Å². The minimum absolute atomic E-state index is 0.0390. The number of ketones is 1. The summed E-state index contributed by atoms with van der Waals surface area (Å²) >= 11 is 5.43. The summed E-state index contributed by atoms with van der Waals surface area (Å²) in [6, 6.07) is 13.6. The number of Topliss-reactive ketones (excluding diaryl/α,β-unsaturated/α-hetero) is 1. The van der Waals surface area contributed by atoms with E-state index in [1.807, 2.05) is 18.2 Å². The summed E-state index contributed by atoms with van der Waals surface area (Å²) in [5.41, 5.74) is 5.04. The number of hydrogen-bond donors (Lipinski definition) is 2. The Morgan fingerprint density at radius 3 is 2.17 bits per heavy atom. The van der Waals surface area contributed by atoms with Crippen molar-refractivity contribution in [3.63, 3.8) is 0 Å². The van der Waals surface area contributed by atoms with E-state index in [1.165, 1.54) is 11.1 Å². The standard InChI is InChI=1S/C19H22N2OS/c1-4-14-8-6-9-15(5-2)18(14)21-19(23)20-17-11-7-10-16(12-17)13(3)22/h6-12H,4-5H2,1-3H3,(H2,20,21,23). The van der Waals surface area contributed by atoms with Gasteiger partial charge in [-0.05, 0) is 55.2 Å². The number of benzene rings is 2. The first kappa shape index (κ1) is 17.2. The first-order valence-corrected chi connectivity index (χ1v) is 8.25. The molecule has 0 bridgehead atoms. The van der Waals surface area contributed by atoms with Crippen LogP contribution in [0.5, 0.6) is 0 Å². The molecule has 0 aliphatic carbocycles. The van der Waals surface area contributed by atoms with Gasteiger partial charge in [0.05, 0.1) is 0 Å². The lowest BCUT2D eigenvalue weighted by Crippen LogP contribution is -2.21. The van der Waals surface area contributed by atoms with Gasteiger partial charge in [-0.2, -0.15) is 0 Å². The van der Waals surface area contributed by atoms with Crippen LogP contribution in [0.15, 0.2) is 42.5 Å². The highest BCUT2D eigenvalue weighted by molar-refractivity contribution is 7.80. The van der Waals surface area contributed by atoms with E-state index < -0.39 is 0 Å². The minimum Gasteiger partial charge on any atom is -0.332 e. The molecule has 2 N–H and O–H groups in total. The van der Waals surface area contributed by atoms with E-state index in [2.05, 4.69) is 42.7 Å². The maximum absolute atomic E-state index is 11.5. The van der Waals surface area contributed by atoms with E-state index >= 15 is 0 Å². The van der Waals surface area contributed by atoms with Crippen LogP contribution in [-0.4, -0.2) is 10.9 Å². The summed E-state index contributed by atoms with van der Waals surface area (Å²) in [6.45, 7) is 5.82. The molecular weight excluding hydrogens is 304 g/mol. The van der Waals surface area contributed by atoms with Crippen molar-refractivity contribution < 1.29 is 4.79 Å². The molecule has 2 aromatic rings. The van der Waals surface area contributed by atoms with Crippen LogP contribution >= 0.6 is 12.2 Å². The number of hydrogen-bond acceptors (Lipinski definition) is 2. The van der Waals surface area contributed by atoms with Gasteiger partial charge in [-0.25, -0.2) is 0 Å². The van der Waals surface area contributed by atoms with Crippen molar-refractivity contribution in [2.24, 2.45) is 0 Å². The first-order valence-electron chi connectivity index (χ1n) is 7.84. The normalized spacial score (nSPS) is 10.2. The van der Waals surface area contributed by atoms with Gasteiger partial charge < -0.3 is 10.6 Å². The third kappa shape index (κ3) is 4.39. The zero-order valence-electron chi connectivity index (χ0n) is 13.8. The summed E-state index contributed by atoms with van der Waals surface area (Å²) < 4.78 is 0. The van der Waals surface area contributed by atoms with Gasteiger partial charge in [-0.1, -0.05) is 44.2 Å².